The molecule has 0 heterocycles. The molecule has 170 valence electrons. The van der Waals surface area contributed by atoms with Crippen LogP contribution in [0.3, 0.4) is 0 Å². The first-order chi connectivity index (χ1) is 15.2. The Morgan fingerprint density at radius 2 is 1.59 bits per heavy atom. The molecule has 3 aromatic rings. The molecule has 6 heteroatoms. The van der Waals surface area contributed by atoms with E-state index in [4.69, 9.17) is 0 Å². The van der Waals surface area contributed by atoms with Crippen LogP contribution in [0.25, 0.3) is 10.8 Å². The summed E-state index contributed by atoms with van der Waals surface area (Å²) in [5.41, 5.74) is 2.56. The Bertz CT molecular complexity index is 1100. The number of rotatable bonds is 5. The summed E-state index contributed by atoms with van der Waals surface area (Å²) in [4.78, 5) is 0. The molecule has 32 heavy (non-hydrogen) atoms. The van der Waals surface area contributed by atoms with Crippen LogP contribution in [0.2, 0.25) is 0 Å². The Morgan fingerprint density at radius 3 is 2.25 bits per heavy atom. The lowest BCUT2D eigenvalue weighted by Crippen LogP contribution is -2.18. The maximum absolute atomic E-state index is 15.3. The van der Waals surface area contributed by atoms with Crippen LogP contribution < -0.4 is 4.74 Å². The van der Waals surface area contributed by atoms with Crippen LogP contribution >= 0.6 is 0 Å². The summed E-state index contributed by atoms with van der Waals surface area (Å²) >= 11 is 0. The summed E-state index contributed by atoms with van der Waals surface area (Å²) < 4.78 is 70.1. The maximum atomic E-state index is 15.3. The molecule has 0 N–H and O–H groups in total. The summed E-state index contributed by atoms with van der Waals surface area (Å²) in [5.74, 6) is -1.92. The first-order valence-corrected chi connectivity index (χ1v) is 11.0. The zero-order chi connectivity index (χ0) is 22.9. The van der Waals surface area contributed by atoms with Crippen LogP contribution in [-0.4, -0.2) is 6.36 Å². The molecule has 0 aliphatic heterocycles. The van der Waals surface area contributed by atoms with Crippen molar-refractivity contribution < 1.29 is 26.7 Å². The maximum Gasteiger partial charge on any atom is 0.573 e. The van der Waals surface area contributed by atoms with Crippen molar-refractivity contribution in [3.05, 3.63) is 76.9 Å². The predicted octanol–water partition coefficient (Wildman–Crippen LogP) is 8.41. The van der Waals surface area contributed by atoms with Gasteiger partial charge in [-0.05, 0) is 78.1 Å². The summed E-state index contributed by atoms with van der Waals surface area (Å²) in [5, 5.41) is 1.54. The smallest absolute Gasteiger partial charge is 0.403 e. The number of hydrogen-bond acceptors (Lipinski definition) is 1. The number of hydrogen-bond donors (Lipinski definition) is 0. The number of benzene rings is 3. The number of ether oxygens (including phenoxy) is 1. The molecule has 1 nitrogen and oxygen atoms in total. The van der Waals surface area contributed by atoms with Gasteiger partial charge in [-0.15, -0.1) is 13.2 Å². The quantitative estimate of drug-likeness (QED) is 0.356. The lowest BCUT2D eigenvalue weighted by Gasteiger charge is -2.29. The molecule has 0 saturated heterocycles. The highest BCUT2D eigenvalue weighted by molar-refractivity contribution is 5.84. The van der Waals surface area contributed by atoms with Crippen molar-refractivity contribution in [2.24, 2.45) is 0 Å². The van der Waals surface area contributed by atoms with E-state index in [9.17, 15) is 17.6 Å². The van der Waals surface area contributed by atoms with Gasteiger partial charge in [-0.3, -0.25) is 0 Å². The van der Waals surface area contributed by atoms with Crippen LogP contribution in [0.1, 0.15) is 67.6 Å². The van der Waals surface area contributed by atoms with Crippen molar-refractivity contribution in [1.29, 1.82) is 0 Å². The van der Waals surface area contributed by atoms with Crippen molar-refractivity contribution >= 4 is 10.8 Å². The van der Waals surface area contributed by atoms with Crippen molar-refractivity contribution in [3.63, 3.8) is 0 Å². The van der Waals surface area contributed by atoms with E-state index >= 15 is 4.39 Å². The molecule has 0 aromatic heterocycles. The highest BCUT2D eigenvalue weighted by Crippen LogP contribution is 2.43. The zero-order valence-electron chi connectivity index (χ0n) is 17.8. The van der Waals surface area contributed by atoms with Gasteiger partial charge in [0.05, 0.1) is 0 Å². The third-order valence-electron chi connectivity index (χ3n) is 6.41. The van der Waals surface area contributed by atoms with E-state index in [1.807, 2.05) is 30.3 Å². The molecule has 0 amide bonds. The highest BCUT2D eigenvalue weighted by Gasteiger charge is 2.33. The van der Waals surface area contributed by atoms with Crippen molar-refractivity contribution in [3.8, 4) is 5.75 Å². The van der Waals surface area contributed by atoms with Gasteiger partial charge in [0.1, 0.15) is 5.82 Å². The average molecular weight is 448 g/mol. The van der Waals surface area contributed by atoms with Gasteiger partial charge in [-0.1, -0.05) is 49.7 Å². The van der Waals surface area contributed by atoms with Crippen LogP contribution in [-0.2, 0) is 6.42 Å². The van der Waals surface area contributed by atoms with E-state index in [0.29, 0.717) is 16.5 Å². The lowest BCUT2D eigenvalue weighted by molar-refractivity contribution is -0.275. The molecular formula is C26H25F5O. The monoisotopic (exact) mass is 448 g/mol. The normalized spacial score (nSPS) is 19.3. The molecule has 1 saturated carbocycles. The third-order valence-corrected chi connectivity index (χ3v) is 6.41. The number of aryl methyl sites for hydroxylation is 1. The fourth-order valence-electron chi connectivity index (χ4n) is 4.83. The largest absolute Gasteiger partial charge is 0.573 e. The van der Waals surface area contributed by atoms with E-state index in [0.717, 1.165) is 56.0 Å². The lowest BCUT2D eigenvalue weighted by atomic mass is 9.75. The van der Waals surface area contributed by atoms with Crippen LogP contribution in [0, 0.1) is 11.6 Å². The molecule has 0 atom stereocenters. The molecule has 0 radical (unpaired) electrons. The van der Waals surface area contributed by atoms with Crippen LogP contribution in [0.15, 0.2) is 48.5 Å². The Labute approximate surface area is 184 Å². The first-order valence-electron chi connectivity index (χ1n) is 11.0. The van der Waals surface area contributed by atoms with Crippen molar-refractivity contribution in [2.45, 2.75) is 63.6 Å². The Hall–Kier alpha value is -2.63. The van der Waals surface area contributed by atoms with Gasteiger partial charge in [0.2, 0.25) is 0 Å². The van der Waals surface area contributed by atoms with Gasteiger partial charge >= 0.3 is 6.36 Å². The second-order valence-electron chi connectivity index (χ2n) is 8.56. The molecule has 1 aliphatic rings. The SMILES string of the molecule is CCCc1ccc2c(F)c(C3CCC(c4ccc(OC(F)(F)F)c(F)c4)CC3)ccc2c1. The zero-order valence-corrected chi connectivity index (χ0v) is 17.8. The molecule has 4 rings (SSSR count). The third kappa shape index (κ3) is 4.89. The Morgan fingerprint density at radius 1 is 0.875 bits per heavy atom. The minimum absolute atomic E-state index is 0.0285. The summed E-state index contributed by atoms with van der Waals surface area (Å²) in [6.07, 6.45) is -0.00765. The minimum atomic E-state index is -4.93. The molecule has 0 bridgehead atoms. The minimum Gasteiger partial charge on any atom is -0.403 e. The van der Waals surface area contributed by atoms with E-state index < -0.39 is 17.9 Å². The summed E-state index contributed by atoms with van der Waals surface area (Å²) in [6.45, 7) is 2.11. The Kier molecular flexibility index (Phi) is 6.40. The molecule has 1 fully saturated rings. The molecule has 3 aromatic carbocycles. The van der Waals surface area contributed by atoms with E-state index in [2.05, 4.69) is 11.7 Å². The first kappa shape index (κ1) is 22.6. The van der Waals surface area contributed by atoms with Gasteiger partial charge in [0.25, 0.3) is 0 Å². The Balaban J connectivity index is 1.47. The molecule has 1 aliphatic carbocycles. The van der Waals surface area contributed by atoms with Crippen LogP contribution in [0.5, 0.6) is 5.75 Å². The fraction of sp³-hybridized carbons (Fsp3) is 0.385. The standard InChI is InChI=1S/C26H25F5O/c1-2-3-16-4-11-22-20(14-16)9-12-21(25(22)28)18-7-5-17(6-8-18)19-10-13-24(23(27)15-19)32-26(29,30)31/h4,9-15,17-18H,2-3,5-8H2,1H3. The van der Waals surface area contributed by atoms with Crippen molar-refractivity contribution in [2.75, 3.05) is 0 Å². The summed E-state index contributed by atoms with van der Waals surface area (Å²) in [7, 11) is 0. The second kappa shape index (κ2) is 9.08. The van der Waals surface area contributed by atoms with Gasteiger partial charge < -0.3 is 4.74 Å². The molecule has 0 spiro atoms. The van der Waals surface area contributed by atoms with Gasteiger partial charge in [-0.25, -0.2) is 8.78 Å². The number of halogens is 5. The average Bonchev–Trinajstić information content (AvgIpc) is 2.75. The van der Waals surface area contributed by atoms with E-state index in [1.54, 1.807) is 0 Å². The topological polar surface area (TPSA) is 9.23 Å². The molecule has 0 unspecified atom stereocenters. The van der Waals surface area contributed by atoms with Crippen molar-refractivity contribution in [1.82, 2.24) is 0 Å². The highest BCUT2D eigenvalue weighted by atomic mass is 19.4. The van der Waals surface area contributed by atoms with Gasteiger partial charge in [0, 0.05) is 5.39 Å². The van der Waals surface area contributed by atoms with E-state index in [1.165, 1.54) is 11.6 Å². The number of alkyl halides is 3. The number of fused-ring (bicyclic) bond motifs is 1. The predicted molar refractivity (Wildman–Crippen MR) is 115 cm³/mol. The second-order valence-corrected chi connectivity index (χ2v) is 8.56. The molecular weight excluding hydrogens is 423 g/mol. The van der Waals surface area contributed by atoms with Crippen LogP contribution in [0.4, 0.5) is 22.0 Å². The van der Waals surface area contributed by atoms with E-state index in [-0.39, 0.29) is 17.7 Å². The van der Waals surface area contributed by atoms with Gasteiger partial charge in [-0.2, -0.15) is 0 Å². The summed E-state index contributed by atoms with van der Waals surface area (Å²) in [6, 6.07) is 13.4. The van der Waals surface area contributed by atoms with Gasteiger partial charge in [0.15, 0.2) is 11.6 Å². The fourth-order valence-corrected chi connectivity index (χ4v) is 4.83.